The van der Waals surface area contributed by atoms with E-state index in [4.69, 9.17) is 9.47 Å². The molecule has 0 spiro atoms. The number of methoxy groups -OCH3 is 1. The molecule has 0 aliphatic carbocycles. The monoisotopic (exact) mass is 364 g/mol. The lowest BCUT2D eigenvalue weighted by molar-refractivity contribution is -0.145. The molecule has 0 saturated carbocycles. The number of carbonyl (C=O) groups excluding carboxylic acids is 3. The van der Waals surface area contributed by atoms with Crippen LogP contribution in [0.5, 0.6) is 0 Å². The Morgan fingerprint density at radius 2 is 1.85 bits per heavy atom. The fraction of sp³-hybridized carbons (Fsp3) is 0.526. The van der Waals surface area contributed by atoms with Gasteiger partial charge in [0.2, 0.25) is 5.91 Å². The van der Waals surface area contributed by atoms with Gasteiger partial charge in [0.25, 0.3) is 0 Å². The van der Waals surface area contributed by atoms with Gasteiger partial charge in [-0.3, -0.25) is 4.79 Å². The van der Waals surface area contributed by atoms with Crippen molar-refractivity contribution in [2.75, 3.05) is 13.7 Å². The van der Waals surface area contributed by atoms with Gasteiger partial charge in [-0.05, 0) is 29.9 Å². The van der Waals surface area contributed by atoms with E-state index in [1.807, 2.05) is 38.1 Å². The first-order valence-corrected chi connectivity index (χ1v) is 8.65. The van der Waals surface area contributed by atoms with Gasteiger partial charge in [0.15, 0.2) is 0 Å². The van der Waals surface area contributed by atoms with Crippen LogP contribution in [0.15, 0.2) is 24.3 Å². The molecule has 26 heavy (non-hydrogen) atoms. The highest BCUT2D eigenvalue weighted by atomic mass is 16.5. The summed E-state index contributed by atoms with van der Waals surface area (Å²) in [4.78, 5) is 34.5. The van der Waals surface area contributed by atoms with Gasteiger partial charge in [0, 0.05) is 13.5 Å². The molecule has 2 N–H and O–H groups in total. The summed E-state index contributed by atoms with van der Waals surface area (Å²) in [6, 6.07) is 6.99. The van der Waals surface area contributed by atoms with E-state index in [1.165, 1.54) is 14.0 Å². The Bertz CT molecular complexity index is 616. The minimum atomic E-state index is -0.676. The van der Waals surface area contributed by atoms with Crippen molar-refractivity contribution in [1.82, 2.24) is 10.6 Å². The molecular weight excluding hydrogens is 336 g/mol. The molecule has 1 aromatic carbocycles. The lowest BCUT2D eigenvalue weighted by atomic mass is 10.0. The first-order chi connectivity index (χ1) is 12.3. The highest BCUT2D eigenvalue weighted by molar-refractivity contribution is 5.83. The van der Waals surface area contributed by atoms with Crippen molar-refractivity contribution in [1.29, 1.82) is 0 Å². The van der Waals surface area contributed by atoms with Crippen LogP contribution in [-0.2, 0) is 32.0 Å². The number of benzene rings is 1. The zero-order valence-electron chi connectivity index (χ0n) is 15.8. The van der Waals surface area contributed by atoms with E-state index in [1.54, 1.807) is 0 Å². The standard InChI is InChI=1S/C19H28N2O5/c1-13(2)12-26-19(24)20-11-16-7-5-6-15(10-16)8-9-17(18(23)25-4)21-14(3)22/h5-7,10,13,17H,8-9,11-12H2,1-4H3,(H,20,24)(H,21,22). The van der Waals surface area contributed by atoms with E-state index in [0.29, 0.717) is 26.0 Å². The van der Waals surface area contributed by atoms with E-state index in [0.717, 1.165) is 11.1 Å². The number of amides is 2. The molecule has 144 valence electrons. The minimum absolute atomic E-state index is 0.279. The predicted octanol–water partition coefficient (Wildman–Crippen LogP) is 2.18. The largest absolute Gasteiger partial charge is 0.467 e. The number of alkyl carbamates (subject to hydrolysis) is 1. The summed E-state index contributed by atoms with van der Waals surface area (Å²) in [5, 5.41) is 5.30. The topological polar surface area (TPSA) is 93.7 Å². The molecule has 0 heterocycles. The van der Waals surface area contributed by atoms with Crippen molar-refractivity contribution in [3.05, 3.63) is 35.4 Å². The van der Waals surface area contributed by atoms with E-state index in [2.05, 4.69) is 10.6 Å². The van der Waals surface area contributed by atoms with Crippen molar-refractivity contribution in [2.45, 2.75) is 46.2 Å². The molecule has 7 heteroatoms. The third-order valence-electron chi connectivity index (χ3n) is 3.56. The fourth-order valence-electron chi connectivity index (χ4n) is 2.31. The lowest BCUT2D eigenvalue weighted by Crippen LogP contribution is -2.40. The molecule has 1 aromatic rings. The summed E-state index contributed by atoms with van der Waals surface area (Å²) >= 11 is 0. The van der Waals surface area contributed by atoms with Crippen molar-refractivity contribution >= 4 is 18.0 Å². The predicted molar refractivity (Wildman–Crippen MR) is 97.4 cm³/mol. The molecule has 0 aliphatic heterocycles. The Kier molecular flexibility index (Phi) is 9.19. The summed E-state index contributed by atoms with van der Waals surface area (Å²) in [6.07, 6.45) is 0.575. The number of ether oxygens (including phenoxy) is 2. The maximum Gasteiger partial charge on any atom is 0.407 e. The van der Waals surface area contributed by atoms with Crippen LogP contribution in [0, 0.1) is 5.92 Å². The Hall–Kier alpha value is -2.57. The summed E-state index contributed by atoms with van der Waals surface area (Å²) in [5.41, 5.74) is 1.93. The van der Waals surface area contributed by atoms with Crippen LogP contribution in [0.3, 0.4) is 0 Å². The molecule has 2 amide bonds. The third-order valence-corrected chi connectivity index (χ3v) is 3.56. The molecule has 0 saturated heterocycles. The Morgan fingerprint density at radius 3 is 2.46 bits per heavy atom. The van der Waals surface area contributed by atoms with Crippen LogP contribution in [0.2, 0.25) is 0 Å². The molecule has 0 bridgehead atoms. The zero-order chi connectivity index (χ0) is 19.5. The summed E-state index contributed by atoms with van der Waals surface area (Å²) in [7, 11) is 1.29. The van der Waals surface area contributed by atoms with Crippen molar-refractivity contribution < 1.29 is 23.9 Å². The molecule has 7 nitrogen and oxygen atoms in total. The second kappa shape index (κ2) is 11.1. The second-order valence-corrected chi connectivity index (χ2v) is 6.48. The zero-order valence-corrected chi connectivity index (χ0v) is 15.8. The summed E-state index contributed by atoms with van der Waals surface area (Å²) in [6.45, 7) is 6.04. The molecule has 1 unspecified atom stereocenters. The van der Waals surface area contributed by atoms with E-state index < -0.39 is 18.1 Å². The van der Waals surface area contributed by atoms with Crippen LogP contribution < -0.4 is 10.6 Å². The van der Waals surface area contributed by atoms with E-state index in [-0.39, 0.29) is 11.8 Å². The number of nitrogens with one attached hydrogen (secondary N) is 2. The summed E-state index contributed by atoms with van der Waals surface area (Å²) in [5.74, 6) is -0.459. The number of hydrogen-bond acceptors (Lipinski definition) is 5. The van der Waals surface area contributed by atoms with Gasteiger partial charge >= 0.3 is 12.1 Å². The van der Waals surface area contributed by atoms with Crippen LogP contribution in [-0.4, -0.2) is 37.7 Å². The van der Waals surface area contributed by atoms with Crippen LogP contribution in [0.4, 0.5) is 4.79 Å². The second-order valence-electron chi connectivity index (χ2n) is 6.48. The molecular formula is C19H28N2O5. The number of carbonyl (C=O) groups is 3. The molecule has 0 aromatic heterocycles. The highest BCUT2D eigenvalue weighted by Gasteiger charge is 2.19. The minimum Gasteiger partial charge on any atom is -0.467 e. The maximum absolute atomic E-state index is 11.7. The Morgan fingerprint density at radius 1 is 1.15 bits per heavy atom. The number of hydrogen-bond donors (Lipinski definition) is 2. The van der Waals surface area contributed by atoms with Crippen LogP contribution >= 0.6 is 0 Å². The number of aryl methyl sites for hydroxylation is 1. The lowest BCUT2D eigenvalue weighted by Gasteiger charge is -2.15. The number of rotatable bonds is 9. The SMILES string of the molecule is COC(=O)C(CCc1cccc(CNC(=O)OCC(C)C)c1)NC(C)=O. The van der Waals surface area contributed by atoms with Crippen LogP contribution in [0.25, 0.3) is 0 Å². The van der Waals surface area contributed by atoms with Crippen molar-refractivity contribution in [3.63, 3.8) is 0 Å². The van der Waals surface area contributed by atoms with Crippen LogP contribution in [0.1, 0.15) is 38.3 Å². The van der Waals surface area contributed by atoms with Gasteiger partial charge in [-0.15, -0.1) is 0 Å². The average Bonchev–Trinajstić information content (AvgIpc) is 2.61. The quantitative estimate of drug-likeness (QED) is 0.655. The molecule has 1 rings (SSSR count). The van der Waals surface area contributed by atoms with E-state index >= 15 is 0 Å². The van der Waals surface area contributed by atoms with Gasteiger partial charge in [-0.25, -0.2) is 9.59 Å². The van der Waals surface area contributed by atoms with Gasteiger partial charge in [0.1, 0.15) is 6.04 Å². The summed E-state index contributed by atoms with van der Waals surface area (Å²) < 4.78 is 9.78. The van der Waals surface area contributed by atoms with Gasteiger partial charge in [-0.2, -0.15) is 0 Å². The smallest absolute Gasteiger partial charge is 0.407 e. The van der Waals surface area contributed by atoms with Gasteiger partial charge in [0.05, 0.1) is 13.7 Å². The van der Waals surface area contributed by atoms with Gasteiger partial charge in [-0.1, -0.05) is 38.1 Å². The van der Waals surface area contributed by atoms with Gasteiger partial charge < -0.3 is 20.1 Å². The molecule has 0 fully saturated rings. The first-order valence-electron chi connectivity index (χ1n) is 8.65. The maximum atomic E-state index is 11.7. The molecule has 0 aliphatic rings. The van der Waals surface area contributed by atoms with Crippen molar-refractivity contribution in [3.8, 4) is 0 Å². The Labute approximate surface area is 154 Å². The third kappa shape index (κ3) is 8.50. The fourth-order valence-corrected chi connectivity index (χ4v) is 2.31. The normalized spacial score (nSPS) is 11.6. The van der Waals surface area contributed by atoms with Crippen molar-refractivity contribution in [2.24, 2.45) is 5.92 Å². The number of esters is 1. The molecule has 0 radical (unpaired) electrons. The molecule has 1 atom stereocenters. The first kappa shape index (κ1) is 21.5. The van der Waals surface area contributed by atoms with E-state index in [9.17, 15) is 14.4 Å². The highest BCUT2D eigenvalue weighted by Crippen LogP contribution is 2.10. The average molecular weight is 364 g/mol. The Balaban J connectivity index is 2.56.